The highest BCUT2D eigenvalue weighted by atomic mass is 16.5. The molecule has 0 spiro atoms. The van der Waals surface area contributed by atoms with E-state index >= 15 is 0 Å². The fourth-order valence-electron chi connectivity index (χ4n) is 5.60. The zero-order valence-electron chi connectivity index (χ0n) is 21.0. The van der Waals surface area contributed by atoms with Crippen LogP contribution in [0.3, 0.4) is 0 Å². The van der Waals surface area contributed by atoms with Crippen LogP contribution in [0.1, 0.15) is 49.3 Å². The number of benzene rings is 2. The van der Waals surface area contributed by atoms with Gasteiger partial charge in [-0.2, -0.15) is 0 Å². The summed E-state index contributed by atoms with van der Waals surface area (Å²) in [5.74, 6) is 2.42. The molecular formula is C28H35NO6. The summed E-state index contributed by atoms with van der Waals surface area (Å²) >= 11 is 0. The van der Waals surface area contributed by atoms with Crippen LogP contribution in [-0.4, -0.2) is 56.5 Å². The normalized spacial score (nSPS) is 24.1. The standard InChI is InChI=1S/C28H35NO6/c1-32-20-10-11-21(24(18-20)34-3)27-22-7-5-6-14-28(22,31)15-16-29(27)26(30)13-9-19-8-12-23(33-2)25(17-19)35-4/h8-13,17-18,22,27,31H,5-7,14-16H2,1-4H3/b13-9+/t22?,27-,28?/m0/s1. The Morgan fingerprint density at radius 2 is 1.71 bits per heavy atom. The highest BCUT2D eigenvalue weighted by Gasteiger charge is 2.50. The predicted molar refractivity (Wildman–Crippen MR) is 134 cm³/mol. The predicted octanol–water partition coefficient (Wildman–Crippen LogP) is 4.63. The molecule has 35 heavy (non-hydrogen) atoms. The van der Waals surface area contributed by atoms with Gasteiger partial charge in [0.1, 0.15) is 11.5 Å². The molecule has 2 aliphatic rings. The Morgan fingerprint density at radius 1 is 0.943 bits per heavy atom. The zero-order valence-corrected chi connectivity index (χ0v) is 21.0. The molecule has 1 saturated heterocycles. The molecular weight excluding hydrogens is 446 g/mol. The molecule has 2 unspecified atom stereocenters. The van der Waals surface area contributed by atoms with Gasteiger partial charge in [-0.25, -0.2) is 0 Å². The lowest BCUT2D eigenvalue weighted by atomic mass is 9.66. The number of fused-ring (bicyclic) bond motifs is 1. The fourth-order valence-corrected chi connectivity index (χ4v) is 5.60. The third-order valence-corrected chi connectivity index (χ3v) is 7.44. The van der Waals surface area contributed by atoms with Crippen LogP contribution in [0.15, 0.2) is 42.5 Å². The maximum Gasteiger partial charge on any atom is 0.247 e. The van der Waals surface area contributed by atoms with Crippen LogP contribution < -0.4 is 18.9 Å². The van der Waals surface area contributed by atoms with Gasteiger partial charge in [0.25, 0.3) is 0 Å². The molecule has 1 N–H and O–H groups in total. The highest BCUT2D eigenvalue weighted by molar-refractivity contribution is 5.92. The second-order valence-corrected chi connectivity index (χ2v) is 9.24. The maximum atomic E-state index is 13.6. The first-order valence-corrected chi connectivity index (χ1v) is 12.1. The number of ether oxygens (including phenoxy) is 4. The average Bonchev–Trinajstić information content (AvgIpc) is 2.90. The Morgan fingerprint density at radius 3 is 2.43 bits per heavy atom. The molecule has 0 bridgehead atoms. The van der Waals surface area contributed by atoms with Crippen LogP contribution in [0.5, 0.6) is 23.0 Å². The third-order valence-electron chi connectivity index (χ3n) is 7.44. The van der Waals surface area contributed by atoms with E-state index in [2.05, 4.69) is 0 Å². The van der Waals surface area contributed by atoms with E-state index in [9.17, 15) is 9.90 Å². The van der Waals surface area contributed by atoms with Gasteiger partial charge in [0, 0.05) is 30.2 Å². The van der Waals surface area contributed by atoms with Crippen molar-refractivity contribution in [3.05, 3.63) is 53.6 Å². The number of carbonyl (C=O) groups excluding carboxylic acids is 1. The quantitative estimate of drug-likeness (QED) is 0.581. The van der Waals surface area contributed by atoms with Gasteiger partial charge in [0.15, 0.2) is 11.5 Å². The molecule has 7 heteroatoms. The second kappa shape index (κ2) is 10.6. The first kappa shape index (κ1) is 24.9. The molecule has 1 aliphatic carbocycles. The molecule has 3 atom stereocenters. The number of hydrogen-bond acceptors (Lipinski definition) is 6. The van der Waals surface area contributed by atoms with Crippen molar-refractivity contribution >= 4 is 12.0 Å². The monoisotopic (exact) mass is 481 g/mol. The van der Waals surface area contributed by atoms with E-state index in [0.29, 0.717) is 36.0 Å². The molecule has 4 rings (SSSR count). The van der Waals surface area contributed by atoms with Crippen molar-refractivity contribution < 1.29 is 28.8 Å². The zero-order chi connectivity index (χ0) is 25.0. The summed E-state index contributed by atoms with van der Waals surface area (Å²) < 4.78 is 21.8. The van der Waals surface area contributed by atoms with Crippen LogP contribution in [0, 0.1) is 5.92 Å². The van der Waals surface area contributed by atoms with Gasteiger partial charge in [-0.15, -0.1) is 0 Å². The molecule has 7 nitrogen and oxygen atoms in total. The molecule has 1 amide bonds. The SMILES string of the molecule is COc1ccc([C@H]2C3CCCCC3(O)CCN2C(=O)/C=C/c2ccc(OC)c(OC)c2)c(OC)c1. The van der Waals surface area contributed by atoms with Crippen LogP contribution in [0.25, 0.3) is 6.08 Å². The summed E-state index contributed by atoms with van der Waals surface area (Å²) in [5.41, 5.74) is 0.949. The van der Waals surface area contributed by atoms with Crippen molar-refractivity contribution in [1.82, 2.24) is 4.90 Å². The Bertz CT molecular complexity index is 1080. The summed E-state index contributed by atoms with van der Waals surface area (Å²) in [4.78, 5) is 15.5. The number of hydrogen-bond donors (Lipinski definition) is 1. The Kier molecular flexibility index (Phi) is 7.55. The van der Waals surface area contributed by atoms with E-state index in [1.54, 1.807) is 40.6 Å². The lowest BCUT2D eigenvalue weighted by molar-refractivity contribution is -0.151. The van der Waals surface area contributed by atoms with Gasteiger partial charge in [-0.05, 0) is 55.2 Å². The number of rotatable bonds is 7. The van der Waals surface area contributed by atoms with Crippen LogP contribution >= 0.6 is 0 Å². The number of amides is 1. The Hall–Kier alpha value is -3.19. The molecule has 0 radical (unpaired) electrons. The van der Waals surface area contributed by atoms with Crippen molar-refractivity contribution in [3.8, 4) is 23.0 Å². The minimum absolute atomic E-state index is 0.0641. The Labute approximate surface area is 207 Å². The highest BCUT2D eigenvalue weighted by Crippen LogP contribution is 2.51. The smallest absolute Gasteiger partial charge is 0.247 e. The first-order valence-electron chi connectivity index (χ1n) is 12.1. The molecule has 2 aromatic rings. The Balaban J connectivity index is 1.68. The van der Waals surface area contributed by atoms with Crippen molar-refractivity contribution in [2.75, 3.05) is 35.0 Å². The van der Waals surface area contributed by atoms with Gasteiger partial charge in [0.2, 0.25) is 5.91 Å². The summed E-state index contributed by atoms with van der Waals surface area (Å²) in [6.07, 6.45) is 7.61. The molecule has 1 aliphatic heterocycles. The summed E-state index contributed by atoms with van der Waals surface area (Å²) in [7, 11) is 6.41. The van der Waals surface area contributed by atoms with Crippen LogP contribution in [0.2, 0.25) is 0 Å². The van der Waals surface area contributed by atoms with E-state index in [-0.39, 0.29) is 17.9 Å². The third kappa shape index (κ3) is 4.96. The van der Waals surface area contributed by atoms with E-state index in [4.69, 9.17) is 18.9 Å². The fraction of sp³-hybridized carbons (Fsp3) is 0.464. The van der Waals surface area contributed by atoms with Gasteiger partial charge in [-0.1, -0.05) is 18.9 Å². The minimum atomic E-state index is -0.780. The number of piperidine rings is 1. The molecule has 1 saturated carbocycles. The number of nitrogens with zero attached hydrogens (tertiary/aromatic N) is 1. The number of likely N-dealkylation sites (tertiary alicyclic amines) is 1. The van der Waals surface area contributed by atoms with Crippen LogP contribution in [0.4, 0.5) is 0 Å². The number of methoxy groups -OCH3 is 4. The average molecular weight is 482 g/mol. The number of carbonyl (C=O) groups is 1. The van der Waals surface area contributed by atoms with Gasteiger partial charge < -0.3 is 29.0 Å². The first-order chi connectivity index (χ1) is 16.9. The molecule has 0 aromatic heterocycles. The molecule has 2 fully saturated rings. The second-order valence-electron chi connectivity index (χ2n) is 9.24. The largest absolute Gasteiger partial charge is 0.497 e. The molecule has 1 heterocycles. The van der Waals surface area contributed by atoms with E-state index in [1.807, 2.05) is 41.3 Å². The lowest BCUT2D eigenvalue weighted by Crippen LogP contribution is -2.56. The lowest BCUT2D eigenvalue weighted by Gasteiger charge is -2.52. The summed E-state index contributed by atoms with van der Waals surface area (Å²) in [6.45, 7) is 0.474. The van der Waals surface area contributed by atoms with E-state index in [0.717, 1.165) is 36.8 Å². The molecule has 188 valence electrons. The number of aliphatic hydroxyl groups is 1. The topological polar surface area (TPSA) is 77.5 Å². The minimum Gasteiger partial charge on any atom is -0.497 e. The van der Waals surface area contributed by atoms with Gasteiger partial charge in [0.05, 0.1) is 40.1 Å². The van der Waals surface area contributed by atoms with Crippen molar-refractivity contribution in [3.63, 3.8) is 0 Å². The summed E-state index contributed by atoms with van der Waals surface area (Å²) in [5, 5.41) is 11.6. The summed E-state index contributed by atoms with van der Waals surface area (Å²) in [6, 6.07) is 10.9. The van der Waals surface area contributed by atoms with E-state index < -0.39 is 5.60 Å². The van der Waals surface area contributed by atoms with Crippen molar-refractivity contribution in [2.45, 2.75) is 43.7 Å². The van der Waals surface area contributed by atoms with Crippen LogP contribution in [-0.2, 0) is 4.79 Å². The van der Waals surface area contributed by atoms with Gasteiger partial charge >= 0.3 is 0 Å². The van der Waals surface area contributed by atoms with Crippen molar-refractivity contribution in [2.24, 2.45) is 5.92 Å². The van der Waals surface area contributed by atoms with Gasteiger partial charge in [-0.3, -0.25) is 4.79 Å². The van der Waals surface area contributed by atoms with Crippen molar-refractivity contribution in [1.29, 1.82) is 0 Å². The maximum absolute atomic E-state index is 13.6. The molecule has 2 aromatic carbocycles. The van der Waals surface area contributed by atoms with E-state index in [1.165, 1.54) is 0 Å².